The van der Waals surface area contributed by atoms with E-state index in [1.54, 1.807) is 23.2 Å². The second-order valence-electron chi connectivity index (χ2n) is 4.85. The summed E-state index contributed by atoms with van der Waals surface area (Å²) in [6, 6.07) is 8.84. The third-order valence-corrected chi connectivity index (χ3v) is 3.63. The molecule has 0 aliphatic carbocycles. The van der Waals surface area contributed by atoms with Crippen LogP contribution in [0.3, 0.4) is 0 Å². The minimum Gasteiger partial charge on any atom is -0.356 e. The van der Waals surface area contributed by atoms with Gasteiger partial charge in [-0.05, 0) is 24.6 Å². The number of carbonyl (C=O) groups is 2. The summed E-state index contributed by atoms with van der Waals surface area (Å²) >= 11 is 5.80. The van der Waals surface area contributed by atoms with E-state index in [-0.39, 0.29) is 11.8 Å². The van der Waals surface area contributed by atoms with Gasteiger partial charge in [-0.2, -0.15) is 0 Å². The topological polar surface area (TPSA) is 65.2 Å². The molecule has 1 aliphatic rings. The van der Waals surface area contributed by atoms with Crippen molar-refractivity contribution in [2.45, 2.75) is 12.8 Å². The molecule has 2 N–H and O–H groups in total. The Morgan fingerprint density at radius 2 is 2.14 bits per heavy atom. The van der Waals surface area contributed by atoms with Gasteiger partial charge in [-0.15, -0.1) is 0 Å². The van der Waals surface area contributed by atoms with Gasteiger partial charge < -0.3 is 15.2 Å². The maximum atomic E-state index is 12.2. The van der Waals surface area contributed by atoms with E-state index in [1.807, 2.05) is 18.2 Å². The number of rotatable bonds is 3. The molecule has 6 heteroatoms. The highest BCUT2D eigenvalue weighted by molar-refractivity contribution is 6.31. The van der Waals surface area contributed by atoms with Crippen molar-refractivity contribution in [2.75, 3.05) is 16.8 Å². The Bertz CT molecular complexity index is 696. The number of halogens is 1. The number of amides is 2. The zero-order valence-corrected chi connectivity index (χ0v) is 12.0. The molecule has 108 valence electrons. The molecule has 0 bridgehead atoms. The molecule has 1 aliphatic heterocycles. The molecule has 0 atom stereocenters. The van der Waals surface area contributed by atoms with Crippen molar-refractivity contribution in [1.29, 1.82) is 0 Å². The first kappa shape index (κ1) is 13.7. The van der Waals surface area contributed by atoms with Crippen molar-refractivity contribution in [2.24, 2.45) is 0 Å². The minimum absolute atomic E-state index is 0.0830. The number of aromatic amines is 1. The normalized spacial score (nSPS) is 14.5. The van der Waals surface area contributed by atoms with Gasteiger partial charge in [0.25, 0.3) is 5.91 Å². The van der Waals surface area contributed by atoms with Gasteiger partial charge in [0.1, 0.15) is 5.69 Å². The Hall–Kier alpha value is -2.27. The highest BCUT2D eigenvalue weighted by Gasteiger charge is 2.24. The van der Waals surface area contributed by atoms with Crippen molar-refractivity contribution in [3.8, 4) is 0 Å². The van der Waals surface area contributed by atoms with Crippen molar-refractivity contribution in [3.05, 3.63) is 47.2 Å². The van der Waals surface area contributed by atoms with E-state index in [4.69, 9.17) is 11.6 Å². The van der Waals surface area contributed by atoms with Crippen molar-refractivity contribution >= 4 is 34.8 Å². The fraction of sp³-hybridized carbons (Fsp3) is 0.200. The first-order chi connectivity index (χ1) is 10.1. The fourth-order valence-corrected chi connectivity index (χ4v) is 2.57. The lowest BCUT2D eigenvalue weighted by Crippen LogP contribution is -2.25. The molecule has 0 radical (unpaired) electrons. The van der Waals surface area contributed by atoms with Crippen LogP contribution in [0.5, 0.6) is 0 Å². The smallest absolute Gasteiger partial charge is 0.272 e. The average molecular weight is 304 g/mol. The van der Waals surface area contributed by atoms with Gasteiger partial charge in [0, 0.05) is 19.2 Å². The lowest BCUT2D eigenvalue weighted by molar-refractivity contribution is -0.117. The molecule has 2 amide bonds. The van der Waals surface area contributed by atoms with Crippen LogP contribution >= 0.6 is 11.6 Å². The molecular weight excluding hydrogens is 290 g/mol. The summed E-state index contributed by atoms with van der Waals surface area (Å²) in [6.45, 7) is 0.681. The fourth-order valence-electron chi connectivity index (χ4n) is 2.41. The Morgan fingerprint density at radius 1 is 1.33 bits per heavy atom. The SMILES string of the molecule is O=C(Nc1ccccc1N1CCCC1=O)c1cc(Cl)c[nH]1. The van der Waals surface area contributed by atoms with Gasteiger partial charge in [0.2, 0.25) is 5.91 Å². The Morgan fingerprint density at radius 3 is 2.81 bits per heavy atom. The molecule has 2 aromatic rings. The van der Waals surface area contributed by atoms with Crippen LogP contribution in [0.1, 0.15) is 23.3 Å². The van der Waals surface area contributed by atoms with Crippen molar-refractivity contribution < 1.29 is 9.59 Å². The lowest BCUT2D eigenvalue weighted by Gasteiger charge is -2.19. The van der Waals surface area contributed by atoms with E-state index in [1.165, 1.54) is 0 Å². The number of para-hydroxylation sites is 2. The van der Waals surface area contributed by atoms with E-state index < -0.39 is 0 Å². The summed E-state index contributed by atoms with van der Waals surface area (Å²) in [4.78, 5) is 28.6. The Labute approximate surface area is 126 Å². The van der Waals surface area contributed by atoms with E-state index in [2.05, 4.69) is 10.3 Å². The molecule has 21 heavy (non-hydrogen) atoms. The standard InChI is InChI=1S/C15H14ClN3O2/c16-10-8-12(17-9-10)15(21)18-11-4-1-2-5-13(11)19-7-3-6-14(19)20/h1-2,4-5,8-9,17H,3,6-7H2,(H,18,21). The van der Waals surface area contributed by atoms with Crippen molar-refractivity contribution in [1.82, 2.24) is 4.98 Å². The number of hydrogen-bond donors (Lipinski definition) is 2. The summed E-state index contributed by atoms with van der Waals surface area (Å²) in [5, 5.41) is 3.29. The Balaban J connectivity index is 1.85. The first-order valence-corrected chi connectivity index (χ1v) is 7.07. The molecule has 1 fully saturated rings. The highest BCUT2D eigenvalue weighted by Crippen LogP contribution is 2.29. The average Bonchev–Trinajstić information content (AvgIpc) is 3.08. The van der Waals surface area contributed by atoms with E-state index in [0.717, 1.165) is 12.1 Å². The predicted octanol–water partition coefficient (Wildman–Crippen LogP) is 3.05. The van der Waals surface area contributed by atoms with Crippen LogP contribution in [0.4, 0.5) is 11.4 Å². The summed E-state index contributed by atoms with van der Waals surface area (Å²) in [6.07, 6.45) is 2.94. The number of aromatic nitrogens is 1. The van der Waals surface area contributed by atoms with Gasteiger partial charge in [0.05, 0.1) is 16.4 Å². The van der Waals surface area contributed by atoms with Gasteiger partial charge in [-0.25, -0.2) is 0 Å². The predicted molar refractivity (Wildman–Crippen MR) is 81.8 cm³/mol. The summed E-state index contributed by atoms with van der Waals surface area (Å²) in [5.74, 6) is -0.208. The largest absolute Gasteiger partial charge is 0.356 e. The number of nitrogens with one attached hydrogen (secondary N) is 2. The molecular formula is C15H14ClN3O2. The van der Waals surface area contributed by atoms with Crippen LogP contribution in [0, 0.1) is 0 Å². The third-order valence-electron chi connectivity index (χ3n) is 3.41. The van der Waals surface area contributed by atoms with Crippen LogP contribution in [0.25, 0.3) is 0 Å². The zero-order chi connectivity index (χ0) is 14.8. The molecule has 0 saturated carbocycles. The number of anilines is 2. The second-order valence-corrected chi connectivity index (χ2v) is 5.29. The summed E-state index contributed by atoms with van der Waals surface area (Å²) in [7, 11) is 0. The number of H-pyrrole nitrogens is 1. The van der Waals surface area contributed by atoms with Gasteiger partial charge in [-0.3, -0.25) is 9.59 Å². The van der Waals surface area contributed by atoms with Gasteiger partial charge in [-0.1, -0.05) is 23.7 Å². The summed E-state index contributed by atoms with van der Waals surface area (Å²) in [5.41, 5.74) is 1.72. The lowest BCUT2D eigenvalue weighted by atomic mass is 10.2. The number of carbonyl (C=O) groups excluding carboxylic acids is 2. The van der Waals surface area contributed by atoms with Crippen LogP contribution in [-0.2, 0) is 4.79 Å². The Kier molecular flexibility index (Phi) is 3.66. The maximum Gasteiger partial charge on any atom is 0.272 e. The quantitative estimate of drug-likeness (QED) is 0.915. The van der Waals surface area contributed by atoms with E-state index >= 15 is 0 Å². The number of nitrogens with zero attached hydrogens (tertiary/aromatic N) is 1. The zero-order valence-electron chi connectivity index (χ0n) is 11.2. The van der Waals surface area contributed by atoms with Gasteiger partial charge in [0.15, 0.2) is 0 Å². The monoisotopic (exact) mass is 303 g/mol. The molecule has 0 unspecified atom stereocenters. The van der Waals surface area contributed by atoms with E-state index in [0.29, 0.717) is 29.4 Å². The van der Waals surface area contributed by atoms with Crippen LogP contribution < -0.4 is 10.2 Å². The molecule has 2 heterocycles. The van der Waals surface area contributed by atoms with Crippen LogP contribution in [0.2, 0.25) is 5.02 Å². The maximum absolute atomic E-state index is 12.2. The molecule has 1 saturated heterocycles. The number of hydrogen-bond acceptors (Lipinski definition) is 2. The third kappa shape index (κ3) is 2.78. The number of benzene rings is 1. The van der Waals surface area contributed by atoms with Gasteiger partial charge >= 0.3 is 0 Å². The molecule has 1 aromatic heterocycles. The van der Waals surface area contributed by atoms with Crippen molar-refractivity contribution in [3.63, 3.8) is 0 Å². The summed E-state index contributed by atoms with van der Waals surface area (Å²) < 4.78 is 0. The van der Waals surface area contributed by atoms with E-state index in [9.17, 15) is 9.59 Å². The molecule has 1 aromatic carbocycles. The minimum atomic E-state index is -0.291. The second kappa shape index (κ2) is 5.61. The first-order valence-electron chi connectivity index (χ1n) is 6.70. The highest BCUT2D eigenvalue weighted by atomic mass is 35.5. The molecule has 5 nitrogen and oxygen atoms in total. The molecule has 0 spiro atoms. The van der Waals surface area contributed by atoms with Crippen LogP contribution in [0.15, 0.2) is 36.5 Å². The van der Waals surface area contributed by atoms with Crippen LogP contribution in [-0.4, -0.2) is 23.3 Å². The molecule has 3 rings (SSSR count).